The van der Waals surface area contributed by atoms with Crippen LogP contribution in [0.4, 0.5) is 0 Å². The van der Waals surface area contributed by atoms with E-state index >= 15 is 0 Å². The zero-order chi connectivity index (χ0) is 12.1. The van der Waals surface area contributed by atoms with Crippen molar-refractivity contribution >= 4 is 0 Å². The molecule has 4 atom stereocenters. The van der Waals surface area contributed by atoms with Gasteiger partial charge in [-0.25, -0.2) is 0 Å². The van der Waals surface area contributed by atoms with Crippen molar-refractivity contribution in [1.82, 2.24) is 0 Å². The van der Waals surface area contributed by atoms with Crippen LogP contribution in [0.3, 0.4) is 0 Å². The fraction of sp³-hybridized carbons (Fsp3) is 1.00. The Morgan fingerprint density at radius 1 is 1.29 bits per heavy atom. The molecule has 100 valence electrons. The van der Waals surface area contributed by atoms with Crippen LogP contribution in [0.25, 0.3) is 0 Å². The van der Waals surface area contributed by atoms with Gasteiger partial charge in [0.15, 0.2) is 0 Å². The maximum absolute atomic E-state index is 9.61. The molecular formula is C13H24O4. The zero-order valence-electron chi connectivity index (χ0n) is 10.6. The number of hydrogen-bond donors (Lipinski definition) is 1. The van der Waals surface area contributed by atoms with Gasteiger partial charge >= 0.3 is 0 Å². The predicted octanol–water partition coefficient (Wildman–Crippen LogP) is 1.50. The Hall–Kier alpha value is -0.160. The maximum atomic E-state index is 9.61. The summed E-state index contributed by atoms with van der Waals surface area (Å²) in [6, 6.07) is 0. The average molecular weight is 244 g/mol. The molecule has 0 aromatic carbocycles. The molecule has 1 aliphatic heterocycles. The van der Waals surface area contributed by atoms with Gasteiger partial charge < -0.3 is 19.3 Å². The second-order valence-electron chi connectivity index (χ2n) is 5.00. The van der Waals surface area contributed by atoms with Gasteiger partial charge in [0.2, 0.25) is 0 Å². The van der Waals surface area contributed by atoms with Crippen LogP contribution in [0, 0.1) is 0 Å². The first-order valence-corrected chi connectivity index (χ1v) is 6.84. The summed E-state index contributed by atoms with van der Waals surface area (Å²) in [6.45, 7) is 4.26. The molecule has 2 rings (SSSR count). The van der Waals surface area contributed by atoms with E-state index in [0.29, 0.717) is 19.6 Å². The van der Waals surface area contributed by atoms with E-state index in [4.69, 9.17) is 14.2 Å². The molecule has 0 amide bonds. The lowest BCUT2D eigenvalue weighted by molar-refractivity contribution is -0.203. The van der Waals surface area contributed by atoms with Crippen LogP contribution >= 0.6 is 0 Å². The van der Waals surface area contributed by atoms with Crippen LogP contribution in [0.2, 0.25) is 0 Å². The van der Waals surface area contributed by atoms with E-state index in [1.807, 2.05) is 0 Å². The lowest BCUT2D eigenvalue weighted by Crippen LogP contribution is -2.54. The Kier molecular flexibility index (Phi) is 5.22. The molecule has 2 fully saturated rings. The van der Waals surface area contributed by atoms with Crippen LogP contribution in [-0.4, -0.2) is 49.3 Å². The number of ether oxygens (including phenoxy) is 3. The molecule has 0 spiro atoms. The number of aliphatic hydroxyl groups excluding tert-OH is 1. The lowest BCUT2D eigenvalue weighted by Gasteiger charge is -2.41. The third kappa shape index (κ3) is 3.65. The third-order valence-corrected chi connectivity index (χ3v) is 3.50. The molecule has 1 N–H and O–H groups in total. The smallest absolute Gasteiger partial charge is 0.110 e. The van der Waals surface area contributed by atoms with Gasteiger partial charge in [-0.15, -0.1) is 0 Å². The molecule has 0 radical (unpaired) electrons. The van der Waals surface area contributed by atoms with Gasteiger partial charge in [-0.3, -0.25) is 0 Å². The first kappa shape index (κ1) is 13.3. The van der Waals surface area contributed by atoms with Crippen molar-refractivity contribution in [2.75, 3.05) is 19.8 Å². The van der Waals surface area contributed by atoms with Crippen molar-refractivity contribution in [1.29, 1.82) is 0 Å². The van der Waals surface area contributed by atoms with Crippen LogP contribution < -0.4 is 0 Å². The zero-order valence-corrected chi connectivity index (χ0v) is 10.6. The minimum atomic E-state index is -0.348. The summed E-state index contributed by atoms with van der Waals surface area (Å²) in [5, 5.41) is 9.61. The molecule has 2 aliphatic rings. The van der Waals surface area contributed by atoms with E-state index in [1.54, 1.807) is 0 Å². The molecule has 0 bridgehead atoms. The van der Waals surface area contributed by atoms with Crippen molar-refractivity contribution < 1.29 is 19.3 Å². The van der Waals surface area contributed by atoms with Gasteiger partial charge in [-0.05, 0) is 25.7 Å². The molecule has 17 heavy (non-hydrogen) atoms. The Balaban J connectivity index is 1.64. The minimum Gasteiger partial charge on any atom is -0.390 e. The van der Waals surface area contributed by atoms with Crippen molar-refractivity contribution in [2.45, 2.75) is 63.4 Å². The topological polar surface area (TPSA) is 47.9 Å². The van der Waals surface area contributed by atoms with Gasteiger partial charge in [0.1, 0.15) is 6.10 Å². The first-order chi connectivity index (χ1) is 8.31. The number of hydrogen-bond acceptors (Lipinski definition) is 4. The molecule has 4 nitrogen and oxygen atoms in total. The fourth-order valence-electron chi connectivity index (χ4n) is 2.36. The number of rotatable bonds is 6. The SMILES string of the molecule is CCCOC1C(O)CC1OCC1CCCCO1. The quantitative estimate of drug-likeness (QED) is 0.769. The second-order valence-corrected chi connectivity index (χ2v) is 5.00. The van der Waals surface area contributed by atoms with Crippen molar-refractivity contribution in [3.8, 4) is 0 Å². The lowest BCUT2D eigenvalue weighted by atomic mass is 9.88. The summed E-state index contributed by atoms with van der Waals surface area (Å²) in [5.41, 5.74) is 0. The molecule has 1 saturated carbocycles. The highest BCUT2D eigenvalue weighted by Crippen LogP contribution is 2.28. The molecule has 1 aliphatic carbocycles. The third-order valence-electron chi connectivity index (χ3n) is 3.50. The Bertz CT molecular complexity index is 215. The average Bonchev–Trinajstić information content (AvgIpc) is 2.36. The maximum Gasteiger partial charge on any atom is 0.110 e. The standard InChI is InChI=1S/C13H24O4/c1-2-6-16-13-11(14)8-12(13)17-9-10-5-3-4-7-15-10/h10-14H,2-9H2,1H3. The highest BCUT2D eigenvalue weighted by atomic mass is 16.6. The summed E-state index contributed by atoms with van der Waals surface area (Å²) in [4.78, 5) is 0. The Labute approximate surface area is 103 Å². The van der Waals surface area contributed by atoms with Gasteiger partial charge in [0, 0.05) is 19.6 Å². The molecule has 1 heterocycles. The monoisotopic (exact) mass is 244 g/mol. The van der Waals surface area contributed by atoms with E-state index in [0.717, 1.165) is 19.4 Å². The fourth-order valence-corrected chi connectivity index (χ4v) is 2.36. The minimum absolute atomic E-state index is 0.0575. The summed E-state index contributed by atoms with van der Waals surface area (Å²) < 4.78 is 17.0. The Morgan fingerprint density at radius 3 is 2.82 bits per heavy atom. The van der Waals surface area contributed by atoms with Gasteiger partial charge in [-0.2, -0.15) is 0 Å². The molecule has 1 saturated heterocycles. The Morgan fingerprint density at radius 2 is 2.18 bits per heavy atom. The molecule has 4 unspecified atom stereocenters. The van der Waals surface area contributed by atoms with Gasteiger partial charge in [-0.1, -0.05) is 6.92 Å². The van der Waals surface area contributed by atoms with E-state index in [1.165, 1.54) is 12.8 Å². The summed E-state index contributed by atoms with van der Waals surface area (Å²) in [5.74, 6) is 0. The molecule has 0 aromatic heterocycles. The predicted molar refractivity (Wildman–Crippen MR) is 64.0 cm³/mol. The largest absolute Gasteiger partial charge is 0.390 e. The normalized spacial score (nSPS) is 37.8. The van der Waals surface area contributed by atoms with Crippen LogP contribution in [0.5, 0.6) is 0 Å². The van der Waals surface area contributed by atoms with E-state index < -0.39 is 0 Å². The van der Waals surface area contributed by atoms with Crippen LogP contribution in [-0.2, 0) is 14.2 Å². The van der Waals surface area contributed by atoms with Crippen molar-refractivity contribution in [3.63, 3.8) is 0 Å². The summed E-state index contributed by atoms with van der Waals surface area (Å²) in [6.07, 6.45) is 4.99. The second kappa shape index (κ2) is 6.69. The highest BCUT2D eigenvalue weighted by molar-refractivity contribution is 4.92. The molecular weight excluding hydrogens is 220 g/mol. The first-order valence-electron chi connectivity index (χ1n) is 6.84. The van der Waals surface area contributed by atoms with Crippen LogP contribution in [0.1, 0.15) is 39.0 Å². The van der Waals surface area contributed by atoms with Crippen molar-refractivity contribution in [3.05, 3.63) is 0 Å². The summed E-state index contributed by atoms with van der Waals surface area (Å²) in [7, 11) is 0. The van der Waals surface area contributed by atoms with E-state index in [-0.39, 0.29) is 24.4 Å². The van der Waals surface area contributed by atoms with Crippen LogP contribution in [0.15, 0.2) is 0 Å². The van der Waals surface area contributed by atoms with Crippen molar-refractivity contribution in [2.24, 2.45) is 0 Å². The molecule has 0 aromatic rings. The summed E-state index contributed by atoms with van der Waals surface area (Å²) >= 11 is 0. The highest BCUT2D eigenvalue weighted by Gasteiger charge is 2.42. The number of aliphatic hydroxyl groups is 1. The van der Waals surface area contributed by atoms with Gasteiger partial charge in [0.05, 0.1) is 24.9 Å². The molecule has 4 heteroatoms. The van der Waals surface area contributed by atoms with Gasteiger partial charge in [0.25, 0.3) is 0 Å². The van der Waals surface area contributed by atoms with E-state index in [9.17, 15) is 5.11 Å². The van der Waals surface area contributed by atoms with E-state index in [2.05, 4.69) is 6.92 Å².